The van der Waals surface area contributed by atoms with Gasteiger partial charge in [0.1, 0.15) is 0 Å². The first-order valence-electron chi connectivity index (χ1n) is 7.96. The largest absolute Gasteiger partial charge is 0.459 e. The SMILES string of the molecule is Cl.NC1(c2noc(-c3occc3CS(=O)(=O)c3ccccc3)n2)CCC1. The average molecular weight is 396 g/mol. The molecular weight excluding hydrogens is 378 g/mol. The number of nitrogens with zero attached hydrogens (tertiary/aromatic N) is 2. The van der Waals surface area contributed by atoms with Crippen molar-refractivity contribution >= 4 is 22.2 Å². The lowest BCUT2D eigenvalue weighted by Crippen LogP contribution is -2.44. The fourth-order valence-corrected chi connectivity index (χ4v) is 4.23. The third-order valence-electron chi connectivity index (χ3n) is 4.51. The number of nitrogens with two attached hydrogens (primary N) is 1. The second kappa shape index (κ2) is 6.86. The van der Waals surface area contributed by atoms with Crippen LogP contribution < -0.4 is 5.73 Å². The molecule has 0 unspecified atom stereocenters. The Hall–Kier alpha value is -2.16. The first kappa shape index (κ1) is 18.6. The summed E-state index contributed by atoms with van der Waals surface area (Å²) >= 11 is 0. The molecule has 1 aromatic carbocycles. The zero-order valence-corrected chi connectivity index (χ0v) is 15.4. The van der Waals surface area contributed by atoms with Crippen molar-refractivity contribution in [3.8, 4) is 11.7 Å². The summed E-state index contributed by atoms with van der Waals surface area (Å²) in [6, 6.07) is 9.87. The van der Waals surface area contributed by atoms with E-state index in [1.807, 2.05) is 0 Å². The van der Waals surface area contributed by atoms with Crippen LogP contribution >= 0.6 is 12.4 Å². The van der Waals surface area contributed by atoms with E-state index in [-0.39, 0.29) is 34.7 Å². The molecule has 0 radical (unpaired) electrons. The molecule has 0 atom stereocenters. The molecule has 0 saturated heterocycles. The lowest BCUT2D eigenvalue weighted by atomic mass is 9.77. The summed E-state index contributed by atoms with van der Waals surface area (Å²) < 4.78 is 35.8. The first-order valence-corrected chi connectivity index (χ1v) is 9.61. The van der Waals surface area contributed by atoms with Crippen LogP contribution in [0.2, 0.25) is 0 Å². The van der Waals surface area contributed by atoms with E-state index >= 15 is 0 Å². The number of hydrogen-bond donors (Lipinski definition) is 1. The summed E-state index contributed by atoms with van der Waals surface area (Å²) in [5.74, 6) is 0.632. The smallest absolute Gasteiger partial charge is 0.294 e. The van der Waals surface area contributed by atoms with E-state index in [2.05, 4.69) is 10.1 Å². The monoisotopic (exact) mass is 395 g/mol. The third-order valence-corrected chi connectivity index (χ3v) is 6.19. The fourth-order valence-electron chi connectivity index (χ4n) is 2.85. The molecular formula is C17H18ClN3O4S. The number of halogens is 1. The van der Waals surface area contributed by atoms with Crippen LogP contribution in [0.15, 0.2) is 56.5 Å². The molecule has 0 amide bonds. The highest BCUT2D eigenvalue weighted by molar-refractivity contribution is 7.90. The molecule has 1 aliphatic carbocycles. The molecule has 0 spiro atoms. The summed E-state index contributed by atoms with van der Waals surface area (Å²) in [5.41, 5.74) is 6.12. The Morgan fingerprint density at radius 3 is 2.54 bits per heavy atom. The van der Waals surface area contributed by atoms with Crippen LogP contribution in [-0.2, 0) is 21.1 Å². The van der Waals surface area contributed by atoms with Gasteiger partial charge in [-0.25, -0.2) is 8.42 Å². The van der Waals surface area contributed by atoms with Crippen LogP contribution in [0.1, 0.15) is 30.7 Å². The molecule has 1 saturated carbocycles. The summed E-state index contributed by atoms with van der Waals surface area (Å²) in [7, 11) is -3.50. The number of rotatable bonds is 5. The standard InChI is InChI=1S/C17H17N3O4S.ClH/c18-17(8-4-9-17)16-19-15(24-20-16)14-12(7-10-23-14)11-25(21,22)13-5-2-1-3-6-13;/h1-3,5-7,10H,4,8-9,11,18H2;1H. The van der Waals surface area contributed by atoms with Gasteiger partial charge in [0.2, 0.25) is 0 Å². The minimum Gasteiger partial charge on any atom is -0.459 e. The van der Waals surface area contributed by atoms with E-state index in [1.165, 1.54) is 6.26 Å². The van der Waals surface area contributed by atoms with Crippen LogP contribution in [0.4, 0.5) is 0 Å². The molecule has 0 aliphatic heterocycles. The van der Waals surface area contributed by atoms with Crippen LogP contribution in [0.3, 0.4) is 0 Å². The number of sulfone groups is 1. The quantitative estimate of drug-likeness (QED) is 0.706. The normalized spacial score (nSPS) is 15.9. The van der Waals surface area contributed by atoms with Crippen molar-refractivity contribution in [3.05, 3.63) is 54.0 Å². The Kier molecular flexibility index (Phi) is 4.92. The zero-order chi connectivity index (χ0) is 17.5. The molecule has 7 nitrogen and oxygen atoms in total. The van der Waals surface area contributed by atoms with Crippen molar-refractivity contribution < 1.29 is 17.4 Å². The summed E-state index contributed by atoms with van der Waals surface area (Å²) in [5, 5.41) is 3.94. The minimum absolute atomic E-state index is 0. The Labute approximate surface area is 156 Å². The third kappa shape index (κ3) is 3.27. The van der Waals surface area contributed by atoms with Crippen molar-refractivity contribution in [1.29, 1.82) is 0 Å². The Bertz CT molecular complexity index is 994. The predicted octanol–water partition coefficient (Wildman–Crippen LogP) is 3.06. The maximum absolute atomic E-state index is 12.6. The van der Waals surface area contributed by atoms with Gasteiger partial charge in [-0.1, -0.05) is 23.4 Å². The number of hydrogen-bond acceptors (Lipinski definition) is 7. The number of aromatic nitrogens is 2. The van der Waals surface area contributed by atoms with E-state index in [0.717, 1.165) is 19.3 Å². The first-order chi connectivity index (χ1) is 12.0. The molecule has 9 heteroatoms. The van der Waals surface area contributed by atoms with Crippen molar-refractivity contribution in [2.45, 2.75) is 35.4 Å². The topological polar surface area (TPSA) is 112 Å². The second-order valence-electron chi connectivity index (χ2n) is 6.28. The predicted molar refractivity (Wildman–Crippen MR) is 96.3 cm³/mol. The van der Waals surface area contributed by atoms with Crippen LogP contribution in [0.5, 0.6) is 0 Å². The molecule has 3 aromatic rings. The van der Waals surface area contributed by atoms with E-state index < -0.39 is 15.4 Å². The van der Waals surface area contributed by atoms with Crippen LogP contribution in [0.25, 0.3) is 11.7 Å². The average Bonchev–Trinajstić information content (AvgIpc) is 3.22. The molecule has 0 bridgehead atoms. The Morgan fingerprint density at radius 1 is 1.15 bits per heavy atom. The van der Waals surface area contributed by atoms with Gasteiger partial charge in [-0.05, 0) is 37.5 Å². The Morgan fingerprint density at radius 2 is 1.88 bits per heavy atom. The number of benzene rings is 1. The van der Waals surface area contributed by atoms with Gasteiger partial charge in [0, 0.05) is 5.56 Å². The lowest BCUT2D eigenvalue weighted by molar-refractivity contribution is 0.229. The van der Waals surface area contributed by atoms with Crippen molar-refractivity contribution in [3.63, 3.8) is 0 Å². The zero-order valence-electron chi connectivity index (χ0n) is 13.8. The van der Waals surface area contributed by atoms with Gasteiger partial charge >= 0.3 is 0 Å². The molecule has 138 valence electrons. The summed E-state index contributed by atoms with van der Waals surface area (Å²) in [6.07, 6.45) is 4.05. The second-order valence-corrected chi connectivity index (χ2v) is 8.27. The maximum Gasteiger partial charge on any atom is 0.294 e. The van der Waals surface area contributed by atoms with Gasteiger partial charge in [-0.15, -0.1) is 12.4 Å². The van der Waals surface area contributed by atoms with E-state index in [4.69, 9.17) is 14.7 Å². The van der Waals surface area contributed by atoms with E-state index in [9.17, 15) is 8.42 Å². The highest BCUT2D eigenvalue weighted by Crippen LogP contribution is 2.38. The van der Waals surface area contributed by atoms with Crippen LogP contribution in [-0.4, -0.2) is 18.6 Å². The van der Waals surface area contributed by atoms with E-state index in [1.54, 1.807) is 36.4 Å². The summed E-state index contributed by atoms with van der Waals surface area (Å²) in [6.45, 7) is 0. The van der Waals surface area contributed by atoms with Gasteiger partial charge < -0.3 is 14.7 Å². The van der Waals surface area contributed by atoms with Gasteiger partial charge in [0.25, 0.3) is 5.89 Å². The molecule has 1 fully saturated rings. The van der Waals surface area contributed by atoms with Crippen LogP contribution in [0, 0.1) is 0 Å². The van der Waals surface area contributed by atoms with Crippen molar-refractivity contribution in [1.82, 2.24) is 10.1 Å². The lowest BCUT2D eigenvalue weighted by Gasteiger charge is -2.34. The fraction of sp³-hybridized carbons (Fsp3) is 0.294. The minimum atomic E-state index is -3.50. The van der Waals surface area contributed by atoms with Crippen molar-refractivity contribution in [2.24, 2.45) is 5.73 Å². The molecule has 4 rings (SSSR count). The van der Waals surface area contributed by atoms with Gasteiger partial charge in [-0.2, -0.15) is 4.98 Å². The van der Waals surface area contributed by atoms with E-state index in [0.29, 0.717) is 11.4 Å². The molecule has 2 aromatic heterocycles. The van der Waals surface area contributed by atoms with Gasteiger partial charge in [0.15, 0.2) is 21.4 Å². The van der Waals surface area contributed by atoms with Gasteiger partial charge in [-0.3, -0.25) is 0 Å². The molecule has 1 aliphatic rings. The highest BCUT2D eigenvalue weighted by Gasteiger charge is 2.39. The molecule has 26 heavy (non-hydrogen) atoms. The maximum atomic E-state index is 12.6. The Balaban J connectivity index is 0.00000196. The highest BCUT2D eigenvalue weighted by atomic mass is 35.5. The van der Waals surface area contributed by atoms with Crippen molar-refractivity contribution in [2.75, 3.05) is 0 Å². The van der Waals surface area contributed by atoms with Gasteiger partial charge in [0.05, 0.1) is 22.5 Å². The molecule has 2 heterocycles. The number of furan rings is 1. The molecule has 2 N–H and O–H groups in total. The summed E-state index contributed by atoms with van der Waals surface area (Å²) in [4.78, 5) is 4.57.